The van der Waals surface area contributed by atoms with E-state index in [-0.39, 0.29) is 11.7 Å². The highest BCUT2D eigenvalue weighted by molar-refractivity contribution is 5.94. The smallest absolute Gasteiger partial charge is 0.265 e. The van der Waals surface area contributed by atoms with Crippen molar-refractivity contribution in [2.75, 3.05) is 5.32 Å². The van der Waals surface area contributed by atoms with Crippen LogP contribution in [0, 0.1) is 5.82 Å². The van der Waals surface area contributed by atoms with Gasteiger partial charge in [-0.15, -0.1) is 5.10 Å². The van der Waals surface area contributed by atoms with Gasteiger partial charge in [0.05, 0.1) is 5.69 Å². The summed E-state index contributed by atoms with van der Waals surface area (Å²) in [5, 5.41) is 13.6. The SMILES string of the molecule is C[C@H](Oc1ccccc1F)C(=O)Nc1ccc(-n2cnnn2)cc1. The summed E-state index contributed by atoms with van der Waals surface area (Å²) in [6, 6.07) is 12.9. The number of anilines is 1. The van der Waals surface area contributed by atoms with E-state index in [9.17, 15) is 9.18 Å². The molecule has 1 amide bonds. The Kier molecular flexibility index (Phi) is 4.46. The van der Waals surface area contributed by atoms with E-state index in [1.54, 1.807) is 43.3 Å². The number of hydrogen-bond donors (Lipinski definition) is 1. The van der Waals surface area contributed by atoms with E-state index in [4.69, 9.17) is 4.74 Å². The summed E-state index contributed by atoms with van der Waals surface area (Å²) in [4.78, 5) is 12.1. The maximum absolute atomic E-state index is 13.5. The third-order valence-corrected chi connectivity index (χ3v) is 3.26. The standard InChI is InChI=1S/C16H14FN5O2/c1-11(24-15-5-3-2-4-14(15)17)16(23)19-12-6-8-13(9-7-12)22-10-18-20-21-22/h2-11H,1H3,(H,19,23)/t11-/m0/s1. The van der Waals surface area contributed by atoms with Gasteiger partial charge in [0.1, 0.15) is 6.33 Å². The lowest BCUT2D eigenvalue weighted by Crippen LogP contribution is -2.30. The van der Waals surface area contributed by atoms with Crippen LogP contribution in [0.15, 0.2) is 54.9 Å². The number of benzene rings is 2. The average Bonchev–Trinajstić information content (AvgIpc) is 3.12. The number of nitrogens with one attached hydrogen (secondary N) is 1. The van der Waals surface area contributed by atoms with Crippen molar-refractivity contribution in [3.63, 3.8) is 0 Å². The topological polar surface area (TPSA) is 81.9 Å². The Morgan fingerprint density at radius 3 is 2.62 bits per heavy atom. The summed E-state index contributed by atoms with van der Waals surface area (Å²) in [5.74, 6) is -0.856. The molecule has 1 N–H and O–H groups in total. The summed E-state index contributed by atoms with van der Waals surface area (Å²) < 4.78 is 20.4. The molecule has 0 aliphatic rings. The van der Waals surface area contributed by atoms with E-state index >= 15 is 0 Å². The predicted octanol–water partition coefficient (Wildman–Crippen LogP) is 2.21. The highest BCUT2D eigenvalue weighted by Crippen LogP contribution is 2.18. The molecule has 0 aliphatic carbocycles. The molecule has 7 nitrogen and oxygen atoms in total. The second-order valence-corrected chi connectivity index (χ2v) is 4.98. The molecule has 2 aromatic carbocycles. The Labute approximate surface area is 137 Å². The van der Waals surface area contributed by atoms with E-state index < -0.39 is 11.9 Å². The second kappa shape index (κ2) is 6.86. The average molecular weight is 327 g/mol. The summed E-state index contributed by atoms with van der Waals surface area (Å²) >= 11 is 0. The molecule has 8 heteroatoms. The van der Waals surface area contributed by atoms with Crippen LogP contribution in [-0.2, 0) is 4.79 Å². The fourth-order valence-corrected chi connectivity index (χ4v) is 2.01. The lowest BCUT2D eigenvalue weighted by Gasteiger charge is -2.15. The lowest BCUT2D eigenvalue weighted by molar-refractivity contribution is -0.122. The molecule has 1 heterocycles. The first kappa shape index (κ1) is 15.6. The van der Waals surface area contributed by atoms with Crippen molar-refractivity contribution >= 4 is 11.6 Å². The van der Waals surface area contributed by atoms with E-state index in [0.717, 1.165) is 5.69 Å². The number of carbonyl (C=O) groups is 1. The summed E-state index contributed by atoms with van der Waals surface area (Å²) in [6.45, 7) is 1.55. The van der Waals surface area contributed by atoms with Crippen LogP contribution < -0.4 is 10.1 Å². The van der Waals surface area contributed by atoms with Gasteiger partial charge in [-0.25, -0.2) is 9.07 Å². The van der Waals surface area contributed by atoms with E-state index in [0.29, 0.717) is 5.69 Å². The summed E-state index contributed by atoms with van der Waals surface area (Å²) in [6.07, 6.45) is 0.624. The molecule has 0 radical (unpaired) electrons. The molecule has 0 saturated carbocycles. The minimum Gasteiger partial charge on any atom is -0.478 e. The zero-order valence-corrected chi connectivity index (χ0v) is 12.8. The Morgan fingerprint density at radius 2 is 1.96 bits per heavy atom. The molecule has 24 heavy (non-hydrogen) atoms. The first-order valence-corrected chi connectivity index (χ1v) is 7.19. The quantitative estimate of drug-likeness (QED) is 0.777. The Balaban J connectivity index is 1.63. The van der Waals surface area contributed by atoms with Crippen LogP contribution in [-0.4, -0.2) is 32.2 Å². The van der Waals surface area contributed by atoms with Gasteiger partial charge < -0.3 is 10.1 Å². The molecular weight excluding hydrogens is 313 g/mol. The van der Waals surface area contributed by atoms with E-state index in [1.165, 1.54) is 23.1 Å². The zero-order valence-electron chi connectivity index (χ0n) is 12.8. The molecular formula is C16H14FN5O2. The minimum absolute atomic E-state index is 0.0363. The molecule has 3 rings (SSSR count). The number of tetrazole rings is 1. The van der Waals surface area contributed by atoms with Crippen LogP contribution in [0.4, 0.5) is 10.1 Å². The lowest BCUT2D eigenvalue weighted by atomic mass is 10.2. The van der Waals surface area contributed by atoms with Crippen LogP contribution in [0.1, 0.15) is 6.92 Å². The first-order chi connectivity index (χ1) is 11.6. The number of para-hydroxylation sites is 1. The van der Waals surface area contributed by atoms with Crippen LogP contribution in [0.25, 0.3) is 5.69 Å². The number of halogens is 1. The molecule has 0 spiro atoms. The molecule has 1 aromatic heterocycles. The van der Waals surface area contributed by atoms with Crippen LogP contribution >= 0.6 is 0 Å². The molecule has 122 valence electrons. The third-order valence-electron chi connectivity index (χ3n) is 3.26. The number of carbonyl (C=O) groups excluding carboxylic acids is 1. The van der Waals surface area contributed by atoms with Crippen LogP contribution in [0.3, 0.4) is 0 Å². The largest absolute Gasteiger partial charge is 0.478 e. The fraction of sp³-hybridized carbons (Fsp3) is 0.125. The highest BCUT2D eigenvalue weighted by Gasteiger charge is 2.16. The molecule has 0 saturated heterocycles. The molecule has 0 bridgehead atoms. The highest BCUT2D eigenvalue weighted by atomic mass is 19.1. The van der Waals surface area contributed by atoms with E-state index in [2.05, 4.69) is 20.8 Å². The number of hydrogen-bond acceptors (Lipinski definition) is 5. The van der Waals surface area contributed by atoms with Crippen molar-refractivity contribution in [3.8, 4) is 11.4 Å². The van der Waals surface area contributed by atoms with Gasteiger partial charge in [-0.2, -0.15) is 0 Å². The molecule has 0 fully saturated rings. The molecule has 3 aromatic rings. The molecule has 0 aliphatic heterocycles. The monoisotopic (exact) mass is 327 g/mol. The number of nitrogens with zero attached hydrogens (tertiary/aromatic N) is 4. The van der Waals surface area contributed by atoms with Gasteiger partial charge in [0, 0.05) is 5.69 Å². The number of rotatable bonds is 5. The zero-order chi connectivity index (χ0) is 16.9. The van der Waals surface area contributed by atoms with Crippen LogP contribution in [0.5, 0.6) is 5.75 Å². The second-order valence-electron chi connectivity index (χ2n) is 4.98. The van der Waals surface area contributed by atoms with Crippen molar-refractivity contribution in [1.29, 1.82) is 0 Å². The van der Waals surface area contributed by atoms with Gasteiger partial charge in [-0.05, 0) is 53.7 Å². The Bertz CT molecular complexity index is 821. The first-order valence-electron chi connectivity index (χ1n) is 7.19. The van der Waals surface area contributed by atoms with Crippen molar-refractivity contribution in [3.05, 3.63) is 60.7 Å². The maximum atomic E-state index is 13.5. The van der Waals surface area contributed by atoms with Crippen molar-refractivity contribution < 1.29 is 13.9 Å². The molecule has 1 atom stereocenters. The van der Waals surface area contributed by atoms with Crippen molar-refractivity contribution in [2.24, 2.45) is 0 Å². The van der Waals surface area contributed by atoms with Gasteiger partial charge in [-0.3, -0.25) is 4.79 Å². The Morgan fingerprint density at radius 1 is 1.21 bits per heavy atom. The van der Waals surface area contributed by atoms with Crippen molar-refractivity contribution in [1.82, 2.24) is 20.2 Å². The number of amides is 1. The normalized spacial score (nSPS) is 11.8. The van der Waals surface area contributed by atoms with Gasteiger partial charge in [-0.1, -0.05) is 12.1 Å². The summed E-state index contributed by atoms with van der Waals surface area (Å²) in [5.41, 5.74) is 1.34. The fourth-order valence-electron chi connectivity index (χ4n) is 2.01. The van der Waals surface area contributed by atoms with Gasteiger partial charge in [0.2, 0.25) is 0 Å². The molecule has 0 unspecified atom stereocenters. The Hall–Kier alpha value is -3.29. The number of ether oxygens (including phenoxy) is 1. The summed E-state index contributed by atoms with van der Waals surface area (Å²) in [7, 11) is 0. The maximum Gasteiger partial charge on any atom is 0.265 e. The van der Waals surface area contributed by atoms with E-state index in [1.807, 2.05) is 0 Å². The van der Waals surface area contributed by atoms with Crippen molar-refractivity contribution in [2.45, 2.75) is 13.0 Å². The third kappa shape index (κ3) is 3.54. The van der Waals surface area contributed by atoms with Gasteiger partial charge >= 0.3 is 0 Å². The predicted molar refractivity (Wildman–Crippen MR) is 84.3 cm³/mol. The van der Waals surface area contributed by atoms with Crippen LogP contribution in [0.2, 0.25) is 0 Å². The number of aromatic nitrogens is 4. The minimum atomic E-state index is -0.846. The van der Waals surface area contributed by atoms with Gasteiger partial charge in [0.25, 0.3) is 5.91 Å². The van der Waals surface area contributed by atoms with Gasteiger partial charge in [0.15, 0.2) is 17.7 Å².